The highest BCUT2D eigenvalue weighted by atomic mass is 16.5. The number of nitrogens with one attached hydrogen (secondary N) is 2. The van der Waals surface area contributed by atoms with Crippen molar-refractivity contribution in [1.82, 2.24) is 10.6 Å². The molecule has 0 bridgehead atoms. The number of amides is 1. The molecular formula is C11H22N2O2. The van der Waals surface area contributed by atoms with Gasteiger partial charge in [-0.25, -0.2) is 0 Å². The van der Waals surface area contributed by atoms with Crippen LogP contribution in [0.2, 0.25) is 0 Å². The highest BCUT2D eigenvalue weighted by Crippen LogP contribution is 2.00. The molecule has 1 heterocycles. The van der Waals surface area contributed by atoms with E-state index in [-0.39, 0.29) is 18.1 Å². The molecule has 1 saturated heterocycles. The van der Waals surface area contributed by atoms with E-state index in [1.807, 2.05) is 6.92 Å². The summed E-state index contributed by atoms with van der Waals surface area (Å²) in [6.07, 6.45) is 2.81. The summed E-state index contributed by atoms with van der Waals surface area (Å²) in [5, 5.41) is 6.19. The van der Waals surface area contributed by atoms with Gasteiger partial charge in [0.1, 0.15) is 6.10 Å². The number of rotatable bonds is 6. The first-order valence-electron chi connectivity index (χ1n) is 5.86. The SMILES string of the molecule is CCCCOC(C)C(=O)NC1CCNC1. The number of unbranched alkanes of at least 4 members (excludes halogenated alkanes) is 1. The lowest BCUT2D eigenvalue weighted by atomic mass is 10.2. The third-order valence-corrected chi connectivity index (χ3v) is 2.64. The van der Waals surface area contributed by atoms with Crippen molar-refractivity contribution in [3.05, 3.63) is 0 Å². The first-order chi connectivity index (χ1) is 7.24. The van der Waals surface area contributed by atoms with Crippen molar-refractivity contribution in [1.29, 1.82) is 0 Å². The molecule has 2 atom stereocenters. The van der Waals surface area contributed by atoms with Gasteiger partial charge < -0.3 is 15.4 Å². The van der Waals surface area contributed by atoms with Gasteiger partial charge >= 0.3 is 0 Å². The van der Waals surface area contributed by atoms with Gasteiger partial charge in [-0.3, -0.25) is 4.79 Å². The van der Waals surface area contributed by atoms with E-state index in [0.29, 0.717) is 6.61 Å². The molecule has 0 aromatic heterocycles. The van der Waals surface area contributed by atoms with Crippen LogP contribution in [0.3, 0.4) is 0 Å². The third kappa shape index (κ3) is 4.62. The number of hydrogen-bond acceptors (Lipinski definition) is 3. The predicted molar refractivity (Wildman–Crippen MR) is 59.7 cm³/mol. The van der Waals surface area contributed by atoms with Crippen LogP contribution in [0.1, 0.15) is 33.1 Å². The summed E-state index contributed by atoms with van der Waals surface area (Å²) >= 11 is 0. The molecule has 1 aliphatic rings. The first kappa shape index (κ1) is 12.5. The fourth-order valence-electron chi connectivity index (χ4n) is 1.58. The normalized spacial score (nSPS) is 22.7. The van der Waals surface area contributed by atoms with Crippen molar-refractivity contribution in [3.63, 3.8) is 0 Å². The lowest BCUT2D eigenvalue weighted by Crippen LogP contribution is -2.42. The van der Waals surface area contributed by atoms with E-state index < -0.39 is 0 Å². The van der Waals surface area contributed by atoms with E-state index in [0.717, 1.165) is 32.4 Å². The second kappa shape index (κ2) is 6.80. The second-order valence-electron chi connectivity index (χ2n) is 4.06. The van der Waals surface area contributed by atoms with Gasteiger partial charge in [-0.2, -0.15) is 0 Å². The molecule has 0 aromatic carbocycles. The fourth-order valence-corrected chi connectivity index (χ4v) is 1.58. The summed E-state index contributed by atoms with van der Waals surface area (Å²) < 4.78 is 5.42. The van der Waals surface area contributed by atoms with Crippen LogP contribution < -0.4 is 10.6 Å². The van der Waals surface area contributed by atoms with Crippen LogP contribution in [-0.2, 0) is 9.53 Å². The second-order valence-corrected chi connectivity index (χ2v) is 4.06. The Kier molecular flexibility index (Phi) is 5.65. The highest BCUT2D eigenvalue weighted by Gasteiger charge is 2.20. The van der Waals surface area contributed by atoms with Gasteiger partial charge in [0, 0.05) is 19.2 Å². The molecule has 2 N–H and O–H groups in total. The molecule has 2 unspecified atom stereocenters. The molecule has 0 saturated carbocycles. The van der Waals surface area contributed by atoms with Gasteiger partial charge in [0.2, 0.25) is 5.91 Å². The summed E-state index contributed by atoms with van der Waals surface area (Å²) in [5.74, 6) is 0.0137. The van der Waals surface area contributed by atoms with Gasteiger partial charge in [-0.1, -0.05) is 13.3 Å². The first-order valence-corrected chi connectivity index (χ1v) is 5.86. The van der Waals surface area contributed by atoms with E-state index in [2.05, 4.69) is 17.6 Å². The molecule has 4 heteroatoms. The Labute approximate surface area is 91.8 Å². The van der Waals surface area contributed by atoms with Crippen LogP contribution in [0.15, 0.2) is 0 Å². The maximum Gasteiger partial charge on any atom is 0.249 e. The average Bonchev–Trinajstić information content (AvgIpc) is 2.70. The van der Waals surface area contributed by atoms with Crippen molar-refractivity contribution in [3.8, 4) is 0 Å². The largest absolute Gasteiger partial charge is 0.369 e. The van der Waals surface area contributed by atoms with Gasteiger partial charge in [0.05, 0.1) is 0 Å². The molecule has 1 aliphatic heterocycles. The van der Waals surface area contributed by atoms with Crippen molar-refractivity contribution in [2.24, 2.45) is 0 Å². The topological polar surface area (TPSA) is 50.4 Å². The Balaban J connectivity index is 2.14. The molecule has 1 amide bonds. The Hall–Kier alpha value is -0.610. The Bertz CT molecular complexity index is 191. The Morgan fingerprint density at radius 2 is 2.47 bits per heavy atom. The van der Waals surface area contributed by atoms with Crippen LogP contribution in [-0.4, -0.2) is 37.7 Å². The van der Waals surface area contributed by atoms with E-state index in [9.17, 15) is 4.79 Å². The molecule has 0 radical (unpaired) electrons. The average molecular weight is 214 g/mol. The molecule has 1 fully saturated rings. The van der Waals surface area contributed by atoms with Crippen LogP contribution >= 0.6 is 0 Å². The van der Waals surface area contributed by atoms with Gasteiger partial charge in [0.15, 0.2) is 0 Å². The van der Waals surface area contributed by atoms with Crippen LogP contribution in [0.4, 0.5) is 0 Å². The van der Waals surface area contributed by atoms with E-state index in [1.165, 1.54) is 0 Å². The van der Waals surface area contributed by atoms with Crippen LogP contribution in [0.5, 0.6) is 0 Å². The standard InChI is InChI=1S/C11H22N2O2/c1-3-4-7-15-9(2)11(14)13-10-5-6-12-8-10/h9-10,12H,3-8H2,1-2H3,(H,13,14). The fraction of sp³-hybridized carbons (Fsp3) is 0.909. The summed E-state index contributed by atoms with van der Waals surface area (Å²) in [6.45, 7) is 6.48. The third-order valence-electron chi connectivity index (χ3n) is 2.64. The molecule has 0 spiro atoms. The van der Waals surface area contributed by atoms with Gasteiger partial charge in [-0.15, -0.1) is 0 Å². The number of carbonyl (C=O) groups excluding carboxylic acids is 1. The smallest absolute Gasteiger partial charge is 0.249 e. The van der Waals surface area contributed by atoms with Crippen LogP contribution in [0, 0.1) is 0 Å². The van der Waals surface area contributed by atoms with E-state index in [1.54, 1.807) is 0 Å². The minimum absolute atomic E-state index is 0.0137. The quantitative estimate of drug-likeness (QED) is 0.639. The number of carbonyl (C=O) groups is 1. The molecule has 4 nitrogen and oxygen atoms in total. The van der Waals surface area contributed by atoms with Crippen molar-refractivity contribution in [2.45, 2.75) is 45.3 Å². The molecular weight excluding hydrogens is 192 g/mol. The minimum atomic E-state index is -0.322. The summed E-state index contributed by atoms with van der Waals surface area (Å²) in [7, 11) is 0. The number of ether oxygens (including phenoxy) is 1. The van der Waals surface area contributed by atoms with Crippen molar-refractivity contribution in [2.75, 3.05) is 19.7 Å². The summed E-state index contributed by atoms with van der Waals surface area (Å²) in [5.41, 5.74) is 0. The molecule has 1 rings (SSSR count). The van der Waals surface area contributed by atoms with Crippen molar-refractivity contribution < 1.29 is 9.53 Å². The summed E-state index contributed by atoms with van der Waals surface area (Å²) in [6, 6.07) is 0.287. The zero-order chi connectivity index (χ0) is 11.1. The predicted octanol–water partition coefficient (Wildman–Crippen LogP) is 0.670. The minimum Gasteiger partial charge on any atom is -0.369 e. The van der Waals surface area contributed by atoms with E-state index >= 15 is 0 Å². The lowest BCUT2D eigenvalue weighted by molar-refractivity contribution is -0.132. The van der Waals surface area contributed by atoms with Gasteiger partial charge in [-0.05, 0) is 26.3 Å². The van der Waals surface area contributed by atoms with Crippen LogP contribution in [0.25, 0.3) is 0 Å². The molecule has 15 heavy (non-hydrogen) atoms. The Morgan fingerprint density at radius 3 is 3.07 bits per heavy atom. The molecule has 0 aliphatic carbocycles. The molecule has 0 aromatic rings. The van der Waals surface area contributed by atoms with E-state index in [4.69, 9.17) is 4.74 Å². The molecule has 88 valence electrons. The number of hydrogen-bond donors (Lipinski definition) is 2. The Morgan fingerprint density at radius 1 is 1.67 bits per heavy atom. The lowest BCUT2D eigenvalue weighted by Gasteiger charge is -2.16. The van der Waals surface area contributed by atoms with Gasteiger partial charge in [0.25, 0.3) is 0 Å². The maximum atomic E-state index is 11.6. The monoisotopic (exact) mass is 214 g/mol. The van der Waals surface area contributed by atoms with Crippen molar-refractivity contribution >= 4 is 5.91 Å². The highest BCUT2D eigenvalue weighted by molar-refractivity contribution is 5.80. The zero-order valence-corrected chi connectivity index (χ0v) is 9.71. The maximum absolute atomic E-state index is 11.6. The summed E-state index contributed by atoms with van der Waals surface area (Å²) in [4.78, 5) is 11.6. The zero-order valence-electron chi connectivity index (χ0n) is 9.71.